The molecule has 0 spiro atoms. The Hall–Kier alpha value is -2.69. The lowest BCUT2D eigenvalue weighted by atomic mass is 9.99. The summed E-state index contributed by atoms with van der Waals surface area (Å²) in [5.74, 6) is -0.0887. The molecule has 0 saturated heterocycles. The third-order valence-electron chi connectivity index (χ3n) is 5.32. The summed E-state index contributed by atoms with van der Waals surface area (Å²) in [4.78, 5) is 26.4. The Bertz CT molecular complexity index is 820. The van der Waals surface area contributed by atoms with Crippen LogP contribution in [0.3, 0.4) is 0 Å². The van der Waals surface area contributed by atoms with Crippen LogP contribution in [0, 0.1) is 5.82 Å². The van der Waals surface area contributed by atoms with Gasteiger partial charge in [-0.1, -0.05) is 43.3 Å². The minimum Gasteiger partial charge on any atom is -0.356 e. The largest absolute Gasteiger partial charge is 0.356 e. The van der Waals surface area contributed by atoms with E-state index in [1.807, 2.05) is 24.0 Å². The number of hydrogen-bond donors (Lipinski definition) is 1. The van der Waals surface area contributed by atoms with Gasteiger partial charge >= 0.3 is 0 Å². The first-order valence-corrected chi connectivity index (χ1v) is 9.89. The highest BCUT2D eigenvalue weighted by Gasteiger charge is 2.20. The molecule has 0 aliphatic carbocycles. The van der Waals surface area contributed by atoms with Gasteiger partial charge in [0.15, 0.2) is 0 Å². The minimum atomic E-state index is -0.262. The highest BCUT2D eigenvalue weighted by Crippen LogP contribution is 2.19. The van der Waals surface area contributed by atoms with Crippen molar-refractivity contribution in [1.29, 1.82) is 0 Å². The topological polar surface area (TPSA) is 49.4 Å². The number of nitrogens with one attached hydrogen (secondary N) is 1. The van der Waals surface area contributed by atoms with Crippen LogP contribution >= 0.6 is 0 Å². The summed E-state index contributed by atoms with van der Waals surface area (Å²) in [6, 6.07) is 14.6. The summed E-state index contributed by atoms with van der Waals surface area (Å²) in [6.45, 7) is 3.90. The molecule has 0 aromatic heterocycles. The lowest BCUT2D eigenvalue weighted by molar-refractivity contribution is -0.132. The van der Waals surface area contributed by atoms with Crippen LogP contribution in [-0.2, 0) is 22.6 Å². The molecular weight excluding hydrogens is 355 g/mol. The van der Waals surface area contributed by atoms with Crippen molar-refractivity contribution < 1.29 is 14.0 Å². The van der Waals surface area contributed by atoms with Crippen molar-refractivity contribution in [2.24, 2.45) is 0 Å². The van der Waals surface area contributed by atoms with E-state index in [4.69, 9.17) is 0 Å². The van der Waals surface area contributed by atoms with E-state index in [1.54, 1.807) is 12.1 Å². The molecule has 3 rings (SSSR count). The Balaban J connectivity index is 1.36. The third kappa shape index (κ3) is 5.41. The lowest BCUT2D eigenvalue weighted by Gasteiger charge is -2.29. The van der Waals surface area contributed by atoms with Gasteiger partial charge in [-0.25, -0.2) is 4.39 Å². The van der Waals surface area contributed by atoms with Gasteiger partial charge in [-0.2, -0.15) is 0 Å². The number of hydrogen-bond acceptors (Lipinski definition) is 2. The summed E-state index contributed by atoms with van der Waals surface area (Å²) >= 11 is 0. The highest BCUT2D eigenvalue weighted by atomic mass is 19.1. The average Bonchev–Trinajstić information content (AvgIpc) is 2.72. The van der Waals surface area contributed by atoms with Crippen LogP contribution < -0.4 is 5.32 Å². The zero-order valence-electron chi connectivity index (χ0n) is 16.3. The van der Waals surface area contributed by atoms with Crippen molar-refractivity contribution in [3.8, 4) is 0 Å². The Kier molecular flexibility index (Phi) is 6.80. The van der Waals surface area contributed by atoms with E-state index in [1.165, 1.54) is 23.3 Å². The van der Waals surface area contributed by atoms with Gasteiger partial charge in [-0.05, 0) is 47.6 Å². The minimum absolute atomic E-state index is 0.0502. The normalized spacial score (nSPS) is 14.3. The summed E-state index contributed by atoms with van der Waals surface area (Å²) in [6.07, 6.45) is 2.17. The number of benzene rings is 2. The molecule has 1 aliphatic heterocycles. The molecule has 148 valence electrons. The van der Waals surface area contributed by atoms with E-state index in [0.29, 0.717) is 32.4 Å². The van der Waals surface area contributed by atoms with Crippen molar-refractivity contribution in [1.82, 2.24) is 10.2 Å². The highest BCUT2D eigenvalue weighted by molar-refractivity contribution is 5.79. The van der Waals surface area contributed by atoms with Gasteiger partial charge in [-0.15, -0.1) is 0 Å². The van der Waals surface area contributed by atoms with Crippen molar-refractivity contribution in [2.75, 3.05) is 13.1 Å². The fourth-order valence-electron chi connectivity index (χ4n) is 3.53. The first-order valence-electron chi connectivity index (χ1n) is 9.89. The third-order valence-corrected chi connectivity index (χ3v) is 5.32. The Labute approximate surface area is 165 Å². The van der Waals surface area contributed by atoms with E-state index in [9.17, 15) is 14.0 Å². The second-order valence-electron chi connectivity index (χ2n) is 7.44. The van der Waals surface area contributed by atoms with E-state index in [-0.39, 0.29) is 23.5 Å². The van der Waals surface area contributed by atoms with Crippen LogP contribution in [0.25, 0.3) is 0 Å². The molecule has 2 amide bonds. The van der Waals surface area contributed by atoms with Gasteiger partial charge in [0.25, 0.3) is 0 Å². The SMILES string of the molecule is CC(CNC(=O)CCCC(=O)N1CCc2ccccc2C1)c1ccc(F)cc1. The van der Waals surface area contributed by atoms with Crippen LogP contribution in [-0.4, -0.2) is 29.8 Å². The summed E-state index contributed by atoms with van der Waals surface area (Å²) < 4.78 is 13.0. The maximum atomic E-state index is 13.0. The van der Waals surface area contributed by atoms with Crippen LogP contribution in [0.15, 0.2) is 48.5 Å². The molecule has 0 radical (unpaired) electrons. The van der Waals surface area contributed by atoms with E-state index in [0.717, 1.165) is 18.5 Å². The van der Waals surface area contributed by atoms with Gasteiger partial charge in [0.2, 0.25) is 11.8 Å². The van der Waals surface area contributed by atoms with Crippen molar-refractivity contribution in [3.63, 3.8) is 0 Å². The van der Waals surface area contributed by atoms with Crippen molar-refractivity contribution >= 4 is 11.8 Å². The van der Waals surface area contributed by atoms with E-state index < -0.39 is 0 Å². The van der Waals surface area contributed by atoms with Crippen LogP contribution in [0.4, 0.5) is 4.39 Å². The number of amides is 2. The predicted octanol–water partition coefficient (Wildman–Crippen LogP) is 3.80. The molecule has 1 heterocycles. The Morgan fingerprint density at radius 1 is 1.07 bits per heavy atom. The molecular formula is C23H27FN2O2. The van der Waals surface area contributed by atoms with Gasteiger partial charge in [0.1, 0.15) is 5.82 Å². The zero-order chi connectivity index (χ0) is 19.9. The number of carbonyl (C=O) groups excluding carboxylic acids is 2. The first kappa shape index (κ1) is 20.1. The summed E-state index contributed by atoms with van der Waals surface area (Å²) in [5.41, 5.74) is 3.53. The van der Waals surface area contributed by atoms with Gasteiger partial charge in [0, 0.05) is 32.5 Å². The fraction of sp³-hybridized carbons (Fsp3) is 0.391. The zero-order valence-corrected chi connectivity index (χ0v) is 16.3. The number of rotatable bonds is 7. The number of carbonyl (C=O) groups is 2. The van der Waals surface area contributed by atoms with Crippen molar-refractivity contribution in [2.45, 2.75) is 45.1 Å². The van der Waals surface area contributed by atoms with E-state index in [2.05, 4.69) is 17.4 Å². The van der Waals surface area contributed by atoms with Gasteiger partial charge in [-0.3, -0.25) is 9.59 Å². The molecule has 28 heavy (non-hydrogen) atoms. The second kappa shape index (κ2) is 9.49. The quantitative estimate of drug-likeness (QED) is 0.792. The molecule has 2 aromatic carbocycles. The number of fused-ring (bicyclic) bond motifs is 1. The molecule has 1 N–H and O–H groups in total. The fourth-order valence-corrected chi connectivity index (χ4v) is 3.53. The van der Waals surface area contributed by atoms with Crippen LogP contribution in [0.2, 0.25) is 0 Å². The predicted molar refractivity (Wildman–Crippen MR) is 107 cm³/mol. The molecule has 1 aliphatic rings. The maximum Gasteiger partial charge on any atom is 0.222 e. The van der Waals surface area contributed by atoms with E-state index >= 15 is 0 Å². The van der Waals surface area contributed by atoms with Crippen molar-refractivity contribution in [3.05, 3.63) is 71.0 Å². The monoisotopic (exact) mass is 382 g/mol. The molecule has 0 saturated carbocycles. The average molecular weight is 382 g/mol. The Morgan fingerprint density at radius 2 is 1.79 bits per heavy atom. The molecule has 5 heteroatoms. The van der Waals surface area contributed by atoms with Gasteiger partial charge in [0.05, 0.1) is 0 Å². The molecule has 0 fully saturated rings. The molecule has 1 unspecified atom stereocenters. The number of nitrogens with zero attached hydrogens (tertiary/aromatic N) is 1. The smallest absolute Gasteiger partial charge is 0.222 e. The summed E-state index contributed by atoms with van der Waals surface area (Å²) in [5, 5.41) is 2.90. The Morgan fingerprint density at radius 3 is 2.54 bits per heavy atom. The molecule has 4 nitrogen and oxygen atoms in total. The van der Waals surface area contributed by atoms with Crippen LogP contribution in [0.5, 0.6) is 0 Å². The standard InChI is InChI=1S/C23H27FN2O2/c1-17(18-9-11-21(24)12-10-18)15-25-22(27)7-4-8-23(28)26-14-13-19-5-2-3-6-20(19)16-26/h2-3,5-6,9-12,17H,4,7-8,13-16H2,1H3,(H,25,27). The van der Waals surface area contributed by atoms with Crippen LogP contribution in [0.1, 0.15) is 48.8 Å². The summed E-state index contributed by atoms with van der Waals surface area (Å²) in [7, 11) is 0. The molecule has 1 atom stereocenters. The first-order chi connectivity index (χ1) is 13.5. The number of halogens is 1. The molecule has 2 aromatic rings. The maximum absolute atomic E-state index is 13.0. The lowest BCUT2D eigenvalue weighted by Crippen LogP contribution is -2.36. The second-order valence-corrected chi connectivity index (χ2v) is 7.44. The van der Waals surface area contributed by atoms with Gasteiger partial charge < -0.3 is 10.2 Å². The molecule has 0 bridgehead atoms.